The molecule has 0 fully saturated rings. The SMILES string of the molecule is CC(Cc1ccccc1)NC(=O)CNC(=O)P(C)CC(C)(C)NC(=O)C(C)C.Cc1ccccc1.NCCNC=O. The second kappa shape index (κ2) is 21.5. The number of amides is 4. The Kier molecular flexibility index (Phi) is 19.7. The summed E-state index contributed by atoms with van der Waals surface area (Å²) in [5.41, 5.74) is 6.87. The predicted octanol–water partition coefficient (Wildman–Crippen LogP) is 3.79. The van der Waals surface area contributed by atoms with Gasteiger partial charge in [0, 0.05) is 30.6 Å². The number of hydrogen-bond acceptors (Lipinski definition) is 5. The molecule has 0 saturated heterocycles. The number of rotatable bonds is 13. The summed E-state index contributed by atoms with van der Waals surface area (Å²) < 4.78 is 0. The van der Waals surface area contributed by atoms with Gasteiger partial charge in [0.15, 0.2) is 0 Å². The molecular weight excluding hydrogens is 537 g/mol. The molecule has 41 heavy (non-hydrogen) atoms. The highest BCUT2D eigenvalue weighted by Gasteiger charge is 2.27. The third-order valence-electron chi connectivity index (χ3n) is 5.47. The molecule has 228 valence electrons. The van der Waals surface area contributed by atoms with Crippen molar-refractivity contribution in [2.45, 2.75) is 59.5 Å². The molecule has 6 N–H and O–H groups in total. The maximum absolute atomic E-state index is 12.3. The smallest absolute Gasteiger partial charge is 0.241 e. The first-order valence-corrected chi connectivity index (χ1v) is 15.8. The van der Waals surface area contributed by atoms with Gasteiger partial charge in [-0.25, -0.2) is 0 Å². The van der Waals surface area contributed by atoms with Crippen molar-refractivity contribution in [2.24, 2.45) is 11.7 Å². The fraction of sp³-hybridized carbons (Fsp3) is 0.484. The highest BCUT2D eigenvalue weighted by molar-refractivity contribution is 7.74. The molecular formula is C31H50N5O4P. The first-order chi connectivity index (χ1) is 19.3. The average Bonchev–Trinajstić information content (AvgIpc) is 2.91. The zero-order valence-corrected chi connectivity index (χ0v) is 26.6. The number of carbonyl (C=O) groups is 4. The number of aryl methyl sites for hydroxylation is 1. The van der Waals surface area contributed by atoms with Gasteiger partial charge >= 0.3 is 0 Å². The summed E-state index contributed by atoms with van der Waals surface area (Å²) in [5, 5.41) is 11.0. The highest BCUT2D eigenvalue weighted by atomic mass is 31.1. The van der Waals surface area contributed by atoms with Crippen LogP contribution in [0.15, 0.2) is 60.7 Å². The molecule has 0 spiro atoms. The summed E-state index contributed by atoms with van der Waals surface area (Å²) in [6, 6.07) is 20.2. The van der Waals surface area contributed by atoms with E-state index in [1.165, 1.54) is 5.56 Å². The van der Waals surface area contributed by atoms with Gasteiger partial charge in [0.1, 0.15) is 0 Å². The average molecular weight is 588 g/mol. The van der Waals surface area contributed by atoms with E-state index in [0.29, 0.717) is 25.7 Å². The van der Waals surface area contributed by atoms with Gasteiger partial charge in [-0.15, -0.1) is 0 Å². The molecule has 0 radical (unpaired) electrons. The highest BCUT2D eigenvalue weighted by Crippen LogP contribution is 2.35. The lowest BCUT2D eigenvalue weighted by molar-refractivity contribution is -0.125. The van der Waals surface area contributed by atoms with Crippen molar-refractivity contribution in [3.63, 3.8) is 0 Å². The van der Waals surface area contributed by atoms with E-state index in [0.717, 1.165) is 12.0 Å². The number of nitrogens with two attached hydrogens (primary N) is 1. The lowest BCUT2D eigenvalue weighted by atomic mass is 10.1. The van der Waals surface area contributed by atoms with Crippen LogP contribution in [-0.4, -0.2) is 67.9 Å². The second-order valence-corrected chi connectivity index (χ2v) is 12.8. The molecule has 0 bridgehead atoms. The van der Waals surface area contributed by atoms with Gasteiger partial charge in [-0.05, 0) is 60.4 Å². The third kappa shape index (κ3) is 20.3. The van der Waals surface area contributed by atoms with E-state index < -0.39 is 13.5 Å². The van der Waals surface area contributed by atoms with Crippen LogP contribution in [0.2, 0.25) is 0 Å². The van der Waals surface area contributed by atoms with Crippen LogP contribution in [0, 0.1) is 12.8 Å². The van der Waals surface area contributed by atoms with Crippen molar-refractivity contribution in [3.8, 4) is 0 Å². The number of benzene rings is 2. The summed E-state index contributed by atoms with van der Waals surface area (Å²) in [4.78, 5) is 45.7. The van der Waals surface area contributed by atoms with Crippen LogP contribution in [0.1, 0.15) is 45.7 Å². The van der Waals surface area contributed by atoms with E-state index in [9.17, 15) is 19.2 Å². The van der Waals surface area contributed by atoms with Crippen molar-refractivity contribution in [3.05, 3.63) is 71.8 Å². The second-order valence-electron chi connectivity index (χ2n) is 10.7. The molecule has 0 aliphatic heterocycles. The Morgan fingerprint density at radius 3 is 1.98 bits per heavy atom. The van der Waals surface area contributed by atoms with E-state index in [2.05, 4.69) is 40.3 Å². The van der Waals surface area contributed by atoms with Gasteiger partial charge in [-0.1, -0.05) is 80.1 Å². The van der Waals surface area contributed by atoms with Crippen LogP contribution in [0.25, 0.3) is 0 Å². The summed E-state index contributed by atoms with van der Waals surface area (Å²) in [6.07, 6.45) is 1.93. The van der Waals surface area contributed by atoms with E-state index >= 15 is 0 Å². The van der Waals surface area contributed by atoms with Crippen LogP contribution < -0.4 is 27.0 Å². The fourth-order valence-corrected chi connectivity index (χ4v) is 5.25. The number of nitrogens with one attached hydrogen (secondary N) is 4. The van der Waals surface area contributed by atoms with Crippen LogP contribution in [0.3, 0.4) is 0 Å². The van der Waals surface area contributed by atoms with Gasteiger partial charge in [0.2, 0.25) is 23.9 Å². The molecule has 4 amide bonds. The van der Waals surface area contributed by atoms with Gasteiger partial charge in [0.25, 0.3) is 0 Å². The number of carbonyl (C=O) groups excluding carboxylic acids is 4. The molecule has 0 heterocycles. The molecule has 0 saturated carbocycles. The van der Waals surface area contributed by atoms with E-state index in [1.54, 1.807) is 0 Å². The summed E-state index contributed by atoms with van der Waals surface area (Å²) in [7, 11) is -1.02. The van der Waals surface area contributed by atoms with E-state index in [-0.39, 0.29) is 36.0 Å². The van der Waals surface area contributed by atoms with Crippen LogP contribution >= 0.6 is 7.92 Å². The first kappa shape index (κ1) is 37.7. The molecule has 0 aromatic heterocycles. The maximum Gasteiger partial charge on any atom is 0.241 e. The van der Waals surface area contributed by atoms with Crippen molar-refractivity contribution >= 4 is 31.8 Å². The molecule has 9 nitrogen and oxygen atoms in total. The van der Waals surface area contributed by atoms with Crippen LogP contribution in [0.4, 0.5) is 4.79 Å². The molecule has 2 atom stereocenters. The Morgan fingerprint density at radius 2 is 1.54 bits per heavy atom. The monoisotopic (exact) mass is 587 g/mol. The summed E-state index contributed by atoms with van der Waals surface area (Å²) in [6.45, 7) is 14.4. The predicted molar refractivity (Wildman–Crippen MR) is 170 cm³/mol. The standard InChI is InChI=1S/C21H34N3O3P.C7H8.C3H8N2O/c1-15(2)19(26)24-21(4,5)14-28(6)20(27)22-13-18(25)23-16(3)12-17-10-8-7-9-11-17;1-7-5-3-2-4-6-7;4-1-2-5-3-6/h7-11,15-16H,12-14H2,1-6H3,(H,22,27)(H,23,25)(H,24,26);2-6H,1H3;3H,1-2,4H2,(H,5,6). The minimum absolute atomic E-state index is 0.0138. The minimum atomic E-state index is -1.02. The molecule has 0 aliphatic carbocycles. The largest absolute Gasteiger partial charge is 0.357 e. The van der Waals surface area contributed by atoms with E-state index in [1.807, 2.05) is 89.8 Å². The lowest BCUT2D eigenvalue weighted by Crippen LogP contribution is -2.48. The van der Waals surface area contributed by atoms with Crippen molar-refractivity contribution in [1.82, 2.24) is 21.3 Å². The normalized spacial score (nSPS) is 11.8. The third-order valence-corrected chi connectivity index (χ3v) is 7.59. The first-order valence-electron chi connectivity index (χ1n) is 13.8. The Labute approximate surface area is 247 Å². The Morgan fingerprint density at radius 1 is 0.976 bits per heavy atom. The van der Waals surface area contributed by atoms with Gasteiger partial charge in [0.05, 0.1) is 6.54 Å². The molecule has 2 rings (SSSR count). The van der Waals surface area contributed by atoms with Gasteiger partial charge < -0.3 is 27.0 Å². The van der Waals surface area contributed by atoms with E-state index in [4.69, 9.17) is 5.73 Å². The molecule has 0 aliphatic rings. The maximum atomic E-state index is 12.3. The zero-order valence-electron chi connectivity index (χ0n) is 25.7. The van der Waals surface area contributed by atoms with Crippen molar-refractivity contribution in [1.29, 1.82) is 0 Å². The van der Waals surface area contributed by atoms with Crippen LogP contribution in [0.5, 0.6) is 0 Å². The van der Waals surface area contributed by atoms with Gasteiger partial charge in [-0.3, -0.25) is 19.2 Å². The Bertz CT molecular complexity index is 1020. The lowest BCUT2D eigenvalue weighted by Gasteiger charge is -2.29. The minimum Gasteiger partial charge on any atom is -0.357 e. The summed E-state index contributed by atoms with van der Waals surface area (Å²) in [5.74, 6) is -0.328. The molecule has 2 aromatic carbocycles. The fourth-order valence-electron chi connectivity index (χ4n) is 3.49. The summed E-state index contributed by atoms with van der Waals surface area (Å²) >= 11 is 0. The van der Waals surface area contributed by atoms with Crippen molar-refractivity contribution < 1.29 is 19.2 Å². The van der Waals surface area contributed by atoms with Crippen molar-refractivity contribution in [2.75, 3.05) is 32.5 Å². The molecule has 2 unspecified atom stereocenters. The Hall–Kier alpha value is -3.29. The quantitative estimate of drug-likeness (QED) is 0.138. The Balaban J connectivity index is 0.00000100. The molecule has 10 heteroatoms. The zero-order chi connectivity index (χ0) is 31.3. The van der Waals surface area contributed by atoms with Gasteiger partial charge in [-0.2, -0.15) is 0 Å². The topological polar surface area (TPSA) is 142 Å². The van der Waals surface area contributed by atoms with Crippen LogP contribution in [-0.2, 0) is 20.8 Å². The number of hydrogen-bond donors (Lipinski definition) is 5. The molecule has 2 aromatic rings.